The highest BCUT2D eigenvalue weighted by molar-refractivity contribution is 5.57. The average molecular weight is 243 g/mol. The Balaban J connectivity index is 2.57. The first-order chi connectivity index (χ1) is 7.88. The van der Waals surface area contributed by atoms with E-state index < -0.39 is 12.0 Å². The van der Waals surface area contributed by atoms with E-state index in [1.54, 1.807) is 13.1 Å². The lowest BCUT2D eigenvalue weighted by molar-refractivity contribution is -0.144. The van der Waals surface area contributed by atoms with Crippen molar-refractivity contribution < 1.29 is 13.2 Å². The van der Waals surface area contributed by atoms with Crippen molar-refractivity contribution in [3.05, 3.63) is 24.2 Å². The maximum Gasteiger partial charge on any atom is 0.451 e. The van der Waals surface area contributed by atoms with Crippen LogP contribution >= 0.6 is 0 Å². The molecule has 0 saturated carbocycles. The summed E-state index contributed by atoms with van der Waals surface area (Å²) < 4.78 is 38.9. The molecule has 0 aliphatic carbocycles. The number of hydrogen-bond donors (Lipinski definition) is 1. The summed E-state index contributed by atoms with van der Waals surface area (Å²) in [5.74, 6) is -1.49. The average Bonchev–Trinajstić information content (AvgIpc) is 2.62. The van der Waals surface area contributed by atoms with Crippen LogP contribution in [-0.2, 0) is 13.2 Å². The Kier molecular flexibility index (Phi) is 2.49. The zero-order valence-electron chi connectivity index (χ0n) is 8.73. The summed E-state index contributed by atoms with van der Waals surface area (Å²) in [6, 6.07) is 2.81. The van der Waals surface area contributed by atoms with E-state index in [-0.39, 0.29) is 11.5 Å². The van der Waals surface area contributed by atoms with E-state index in [1.807, 2.05) is 0 Å². The van der Waals surface area contributed by atoms with Crippen molar-refractivity contribution in [1.82, 2.24) is 19.7 Å². The van der Waals surface area contributed by atoms with Crippen LogP contribution in [0.3, 0.4) is 0 Å². The third-order valence-electron chi connectivity index (χ3n) is 2.08. The molecule has 2 aromatic heterocycles. The van der Waals surface area contributed by atoms with Gasteiger partial charge in [0.25, 0.3) is 0 Å². The van der Waals surface area contributed by atoms with E-state index in [0.717, 1.165) is 0 Å². The third-order valence-corrected chi connectivity index (χ3v) is 2.08. The number of anilines is 1. The quantitative estimate of drug-likeness (QED) is 0.823. The molecule has 8 heteroatoms. The van der Waals surface area contributed by atoms with E-state index in [9.17, 15) is 13.2 Å². The molecular weight excluding hydrogens is 235 g/mol. The second-order valence-corrected chi connectivity index (χ2v) is 3.34. The van der Waals surface area contributed by atoms with Crippen molar-refractivity contribution in [2.75, 3.05) is 5.73 Å². The molecule has 2 N–H and O–H groups in total. The normalized spacial score (nSPS) is 11.8. The SMILES string of the molecule is Cn1nccc1-c1cc(N)nc(C(F)(F)F)n1. The molecule has 2 aromatic rings. The van der Waals surface area contributed by atoms with Gasteiger partial charge in [-0.25, -0.2) is 9.97 Å². The molecule has 17 heavy (non-hydrogen) atoms. The molecule has 5 nitrogen and oxygen atoms in total. The number of aryl methyl sites for hydroxylation is 1. The number of nitrogens with zero attached hydrogens (tertiary/aromatic N) is 4. The molecule has 0 atom stereocenters. The molecule has 0 unspecified atom stereocenters. The fraction of sp³-hybridized carbons (Fsp3) is 0.222. The molecule has 2 heterocycles. The van der Waals surface area contributed by atoms with Gasteiger partial charge in [0.15, 0.2) is 0 Å². The largest absolute Gasteiger partial charge is 0.451 e. The van der Waals surface area contributed by atoms with E-state index in [4.69, 9.17) is 5.73 Å². The molecule has 0 aromatic carbocycles. The molecule has 0 spiro atoms. The molecule has 90 valence electrons. The standard InChI is InChI=1S/C9H8F3N5/c1-17-6(2-3-14-17)5-4-7(13)16-8(15-5)9(10,11)12/h2-4H,1H3,(H2,13,15,16). The molecule has 0 saturated heterocycles. The van der Waals surface area contributed by atoms with Crippen LogP contribution in [-0.4, -0.2) is 19.7 Å². The van der Waals surface area contributed by atoms with Gasteiger partial charge in [-0.1, -0.05) is 0 Å². The van der Waals surface area contributed by atoms with E-state index in [1.165, 1.54) is 16.9 Å². The zero-order valence-corrected chi connectivity index (χ0v) is 8.73. The summed E-state index contributed by atoms with van der Waals surface area (Å²) in [5, 5.41) is 3.85. The van der Waals surface area contributed by atoms with Gasteiger partial charge in [-0.15, -0.1) is 0 Å². The lowest BCUT2D eigenvalue weighted by atomic mass is 10.3. The van der Waals surface area contributed by atoms with Crippen molar-refractivity contribution in [3.8, 4) is 11.4 Å². The Morgan fingerprint density at radius 3 is 2.53 bits per heavy atom. The van der Waals surface area contributed by atoms with Gasteiger partial charge in [0.2, 0.25) is 5.82 Å². The number of nitrogens with two attached hydrogens (primary N) is 1. The van der Waals surface area contributed by atoms with Gasteiger partial charge in [0.05, 0.1) is 11.4 Å². The number of alkyl halides is 3. The van der Waals surface area contributed by atoms with Crippen molar-refractivity contribution in [2.45, 2.75) is 6.18 Å². The first kappa shape index (κ1) is 11.4. The van der Waals surface area contributed by atoms with Gasteiger partial charge in [0, 0.05) is 19.3 Å². The Hall–Kier alpha value is -2.12. The Morgan fingerprint density at radius 1 is 1.29 bits per heavy atom. The van der Waals surface area contributed by atoms with Gasteiger partial charge in [0.1, 0.15) is 5.82 Å². The van der Waals surface area contributed by atoms with Crippen LogP contribution in [0.25, 0.3) is 11.4 Å². The molecular formula is C9H8F3N5. The van der Waals surface area contributed by atoms with Crippen molar-refractivity contribution >= 4 is 5.82 Å². The topological polar surface area (TPSA) is 69.6 Å². The van der Waals surface area contributed by atoms with Gasteiger partial charge < -0.3 is 5.73 Å². The predicted octanol–water partition coefficient (Wildman–Crippen LogP) is 1.48. The number of nitrogen functional groups attached to an aromatic ring is 1. The maximum atomic E-state index is 12.5. The molecule has 0 radical (unpaired) electrons. The van der Waals surface area contributed by atoms with E-state index in [0.29, 0.717) is 5.69 Å². The van der Waals surface area contributed by atoms with Crippen molar-refractivity contribution in [3.63, 3.8) is 0 Å². The fourth-order valence-corrected chi connectivity index (χ4v) is 1.35. The summed E-state index contributed by atoms with van der Waals surface area (Å²) >= 11 is 0. The predicted molar refractivity (Wildman–Crippen MR) is 53.6 cm³/mol. The zero-order chi connectivity index (χ0) is 12.6. The maximum absolute atomic E-state index is 12.5. The van der Waals surface area contributed by atoms with E-state index >= 15 is 0 Å². The van der Waals surface area contributed by atoms with Crippen LogP contribution in [0.2, 0.25) is 0 Å². The summed E-state index contributed by atoms with van der Waals surface area (Å²) in [5.41, 5.74) is 5.85. The number of hydrogen-bond acceptors (Lipinski definition) is 4. The van der Waals surface area contributed by atoms with Gasteiger partial charge in [-0.05, 0) is 6.07 Å². The van der Waals surface area contributed by atoms with Gasteiger partial charge in [-0.2, -0.15) is 18.3 Å². The van der Waals surface area contributed by atoms with Crippen LogP contribution in [0.4, 0.5) is 19.0 Å². The van der Waals surface area contributed by atoms with Gasteiger partial charge >= 0.3 is 6.18 Å². The highest BCUT2D eigenvalue weighted by Crippen LogP contribution is 2.28. The Morgan fingerprint density at radius 2 is 2.00 bits per heavy atom. The summed E-state index contributed by atoms with van der Waals surface area (Å²) in [7, 11) is 1.60. The van der Waals surface area contributed by atoms with Crippen molar-refractivity contribution in [1.29, 1.82) is 0 Å². The Bertz CT molecular complexity index is 546. The second-order valence-electron chi connectivity index (χ2n) is 3.34. The molecule has 0 aliphatic heterocycles. The third kappa shape index (κ3) is 2.19. The lowest BCUT2D eigenvalue weighted by Gasteiger charge is -2.08. The monoisotopic (exact) mass is 243 g/mol. The smallest absolute Gasteiger partial charge is 0.384 e. The van der Waals surface area contributed by atoms with Gasteiger partial charge in [-0.3, -0.25) is 4.68 Å². The summed E-state index contributed by atoms with van der Waals surface area (Å²) in [6.45, 7) is 0. The van der Waals surface area contributed by atoms with Crippen molar-refractivity contribution in [2.24, 2.45) is 7.05 Å². The lowest BCUT2D eigenvalue weighted by Crippen LogP contribution is -2.13. The highest BCUT2D eigenvalue weighted by atomic mass is 19.4. The minimum Gasteiger partial charge on any atom is -0.384 e. The Labute approximate surface area is 94.1 Å². The molecule has 0 fully saturated rings. The van der Waals surface area contributed by atoms with Crippen LogP contribution in [0.5, 0.6) is 0 Å². The molecule has 2 rings (SSSR count). The summed E-state index contributed by atoms with van der Waals surface area (Å²) in [4.78, 5) is 6.59. The number of halogens is 3. The second kappa shape index (κ2) is 3.72. The van der Waals surface area contributed by atoms with Crippen LogP contribution < -0.4 is 5.73 Å². The first-order valence-corrected chi connectivity index (χ1v) is 4.58. The molecule has 0 bridgehead atoms. The molecule has 0 aliphatic rings. The van der Waals surface area contributed by atoms with E-state index in [2.05, 4.69) is 15.1 Å². The number of rotatable bonds is 1. The minimum atomic E-state index is -4.62. The van der Waals surface area contributed by atoms with Crippen LogP contribution in [0.1, 0.15) is 5.82 Å². The summed E-state index contributed by atoms with van der Waals surface area (Å²) in [6.07, 6.45) is -3.16. The van der Waals surface area contributed by atoms with Crippen LogP contribution in [0.15, 0.2) is 18.3 Å². The fourth-order valence-electron chi connectivity index (χ4n) is 1.35. The highest BCUT2D eigenvalue weighted by Gasteiger charge is 2.35. The minimum absolute atomic E-state index is 0.0878. The first-order valence-electron chi connectivity index (χ1n) is 4.58. The molecule has 0 amide bonds. The van der Waals surface area contributed by atoms with Crippen LogP contribution in [0, 0.1) is 0 Å². The number of aromatic nitrogens is 4.